The first-order valence-electron chi connectivity index (χ1n) is 10.7. The van der Waals surface area contributed by atoms with Crippen LogP contribution >= 0.6 is 0 Å². The van der Waals surface area contributed by atoms with Crippen molar-refractivity contribution in [1.82, 2.24) is 19.8 Å². The maximum Gasteiger partial charge on any atom is 0.223 e. The first kappa shape index (κ1) is 22.9. The summed E-state index contributed by atoms with van der Waals surface area (Å²) in [5, 5.41) is 3.20. The molecule has 168 valence electrons. The Morgan fingerprint density at radius 3 is 2.65 bits per heavy atom. The molecule has 1 aromatic heterocycles. The van der Waals surface area contributed by atoms with E-state index in [9.17, 15) is 8.78 Å². The highest BCUT2D eigenvalue weighted by molar-refractivity contribution is 5.32. The van der Waals surface area contributed by atoms with E-state index in [1.807, 2.05) is 18.1 Å². The van der Waals surface area contributed by atoms with Gasteiger partial charge in [0, 0.05) is 25.3 Å². The smallest absolute Gasteiger partial charge is 0.223 e. The van der Waals surface area contributed by atoms with Crippen LogP contribution < -0.4 is 11.1 Å². The molecule has 3 N–H and O–H groups in total. The van der Waals surface area contributed by atoms with Crippen LogP contribution in [-0.4, -0.2) is 52.5 Å². The first-order chi connectivity index (χ1) is 14.7. The second-order valence-corrected chi connectivity index (χ2v) is 8.55. The highest BCUT2D eigenvalue weighted by atomic mass is 19.2. The number of hydrogen-bond acceptors (Lipinski definition) is 6. The Bertz CT molecular complexity index is 917. The van der Waals surface area contributed by atoms with Crippen molar-refractivity contribution < 1.29 is 8.78 Å². The minimum atomic E-state index is -0.764. The Morgan fingerprint density at radius 2 is 2.03 bits per heavy atom. The zero-order chi connectivity index (χ0) is 22.5. The number of nitrogens with zero attached hydrogens (tertiary/aromatic N) is 4. The third-order valence-corrected chi connectivity index (χ3v) is 5.58. The lowest BCUT2D eigenvalue weighted by Gasteiger charge is -2.29. The summed E-state index contributed by atoms with van der Waals surface area (Å²) in [5.41, 5.74) is 8.87. The third kappa shape index (κ3) is 6.13. The van der Waals surface area contributed by atoms with Gasteiger partial charge in [0.05, 0.1) is 18.1 Å². The van der Waals surface area contributed by atoms with Crippen LogP contribution in [0.3, 0.4) is 0 Å². The Kier molecular flexibility index (Phi) is 7.43. The molecule has 1 saturated heterocycles. The molecule has 0 bridgehead atoms. The van der Waals surface area contributed by atoms with E-state index in [2.05, 4.69) is 40.6 Å². The molecule has 0 spiro atoms. The number of aromatic nitrogens is 2. The number of nitrogens with two attached hydrogens (primary N) is 1. The third-order valence-electron chi connectivity index (χ3n) is 5.58. The Morgan fingerprint density at radius 1 is 1.26 bits per heavy atom. The largest absolute Gasteiger partial charge is 0.386 e. The summed E-state index contributed by atoms with van der Waals surface area (Å²) in [5.74, 6) is 0.142. The van der Waals surface area contributed by atoms with E-state index in [1.165, 1.54) is 17.7 Å². The first-order valence-corrected chi connectivity index (χ1v) is 10.7. The summed E-state index contributed by atoms with van der Waals surface area (Å²) in [4.78, 5) is 13.1. The van der Waals surface area contributed by atoms with Gasteiger partial charge in [-0.25, -0.2) is 18.7 Å². The van der Waals surface area contributed by atoms with E-state index in [0.717, 1.165) is 50.3 Å². The van der Waals surface area contributed by atoms with Gasteiger partial charge < -0.3 is 20.9 Å². The minimum absolute atomic E-state index is 0.331. The molecular weight excluding hydrogens is 398 g/mol. The number of likely N-dealkylation sites (tertiary alicyclic amines) is 1. The molecule has 1 unspecified atom stereocenters. The maximum atomic E-state index is 12.9. The van der Waals surface area contributed by atoms with Crippen LogP contribution in [0, 0.1) is 11.6 Å². The summed E-state index contributed by atoms with van der Waals surface area (Å²) in [6.45, 7) is 11.5. The second kappa shape index (κ2) is 10.0. The lowest BCUT2D eigenvalue weighted by Crippen LogP contribution is -2.33. The van der Waals surface area contributed by atoms with Crippen molar-refractivity contribution >= 4 is 5.95 Å². The predicted octanol–water partition coefficient (Wildman–Crippen LogP) is 3.47. The fraction of sp³-hybridized carbons (Fsp3) is 0.478. The molecule has 2 aromatic rings. The lowest BCUT2D eigenvalue weighted by molar-refractivity contribution is 0.314. The number of nitrogens with one attached hydrogen (secondary N) is 1. The van der Waals surface area contributed by atoms with E-state index < -0.39 is 11.6 Å². The average Bonchev–Trinajstić information content (AvgIpc) is 3.16. The minimum Gasteiger partial charge on any atom is -0.386 e. The fourth-order valence-corrected chi connectivity index (χ4v) is 3.85. The Labute approximate surface area is 183 Å². The van der Waals surface area contributed by atoms with Crippen LogP contribution in [0.5, 0.6) is 0 Å². The Hall–Kier alpha value is -2.74. The zero-order valence-electron chi connectivity index (χ0n) is 18.5. The molecule has 1 fully saturated rings. The lowest BCUT2D eigenvalue weighted by atomic mass is 9.98. The summed E-state index contributed by atoms with van der Waals surface area (Å²) in [7, 11) is 2.04. The maximum absolute atomic E-state index is 12.9. The molecule has 31 heavy (non-hydrogen) atoms. The number of hydrogen-bond donors (Lipinski definition) is 2. The van der Waals surface area contributed by atoms with Gasteiger partial charge in [0.2, 0.25) is 5.95 Å². The predicted molar refractivity (Wildman–Crippen MR) is 119 cm³/mol. The van der Waals surface area contributed by atoms with E-state index >= 15 is 0 Å². The van der Waals surface area contributed by atoms with Crippen LogP contribution in [0.2, 0.25) is 0 Å². The summed E-state index contributed by atoms with van der Waals surface area (Å²) < 4.78 is 25.6. The molecule has 0 amide bonds. The van der Waals surface area contributed by atoms with Crippen molar-refractivity contribution in [3.05, 3.63) is 65.3 Å². The number of benzene rings is 1. The normalized spacial score (nSPS) is 18.4. The molecular formula is C23H32F2N6. The van der Waals surface area contributed by atoms with Gasteiger partial charge in [-0.2, -0.15) is 0 Å². The van der Waals surface area contributed by atoms with E-state index in [1.54, 1.807) is 6.07 Å². The van der Waals surface area contributed by atoms with Crippen LogP contribution in [0.4, 0.5) is 14.7 Å². The van der Waals surface area contributed by atoms with Crippen LogP contribution in [-0.2, 0) is 13.0 Å². The second-order valence-electron chi connectivity index (χ2n) is 8.55. The van der Waals surface area contributed by atoms with Gasteiger partial charge in [-0.05, 0) is 69.5 Å². The van der Waals surface area contributed by atoms with Crippen LogP contribution in [0.15, 0.2) is 36.8 Å². The number of likely N-dealkylation sites (N-methyl/N-ethyl adjacent to an activating group) is 1. The quantitative estimate of drug-likeness (QED) is 0.774. The van der Waals surface area contributed by atoms with Crippen molar-refractivity contribution in [2.75, 3.05) is 32.0 Å². The van der Waals surface area contributed by atoms with Gasteiger partial charge in [0.25, 0.3) is 0 Å². The molecule has 6 nitrogen and oxygen atoms in total. The Balaban J connectivity index is 0.000000179. The van der Waals surface area contributed by atoms with Crippen molar-refractivity contribution in [3.8, 4) is 0 Å². The highest BCUT2D eigenvalue weighted by Gasteiger charge is 2.22. The zero-order valence-corrected chi connectivity index (χ0v) is 18.5. The molecule has 2 aliphatic heterocycles. The van der Waals surface area contributed by atoms with Crippen molar-refractivity contribution in [2.45, 2.75) is 45.2 Å². The molecule has 1 atom stereocenters. The van der Waals surface area contributed by atoms with Gasteiger partial charge in [-0.3, -0.25) is 0 Å². The highest BCUT2D eigenvalue weighted by Crippen LogP contribution is 2.27. The molecule has 0 radical (unpaired) electrons. The van der Waals surface area contributed by atoms with Crippen molar-refractivity contribution in [1.29, 1.82) is 0 Å². The van der Waals surface area contributed by atoms with Gasteiger partial charge >= 0.3 is 0 Å². The SMILES string of the molecule is C=C(N)N1CCc2cnc(NC(C)C)nc2C1.CN1CCC(c2ccc(F)c(F)c2)C1. The molecule has 0 saturated carbocycles. The fourth-order valence-electron chi connectivity index (χ4n) is 3.85. The average molecular weight is 431 g/mol. The topological polar surface area (TPSA) is 70.3 Å². The van der Waals surface area contributed by atoms with Crippen molar-refractivity contribution in [3.63, 3.8) is 0 Å². The molecule has 4 rings (SSSR count). The van der Waals surface area contributed by atoms with E-state index in [4.69, 9.17) is 5.73 Å². The molecule has 3 heterocycles. The summed E-state index contributed by atoms with van der Waals surface area (Å²) in [6.07, 6.45) is 3.86. The van der Waals surface area contributed by atoms with E-state index in [0.29, 0.717) is 23.7 Å². The van der Waals surface area contributed by atoms with Gasteiger partial charge in [0.1, 0.15) is 0 Å². The number of halogens is 2. The summed E-state index contributed by atoms with van der Waals surface area (Å²) in [6, 6.07) is 4.54. The molecule has 1 aromatic carbocycles. The van der Waals surface area contributed by atoms with Crippen LogP contribution in [0.25, 0.3) is 0 Å². The van der Waals surface area contributed by atoms with Gasteiger partial charge in [-0.1, -0.05) is 12.6 Å². The molecule has 0 aliphatic carbocycles. The number of rotatable bonds is 4. The van der Waals surface area contributed by atoms with Crippen molar-refractivity contribution in [2.24, 2.45) is 5.73 Å². The van der Waals surface area contributed by atoms with Crippen LogP contribution in [0.1, 0.15) is 43.0 Å². The standard InChI is InChI=1S/C12H19N5.C11H13F2N/c1-8(2)15-12-14-6-10-4-5-17(9(3)13)7-11(10)16-12;1-14-5-4-9(7-14)8-2-3-10(12)11(13)6-8/h6,8H,3-5,7,13H2,1-2H3,(H,14,15,16);2-3,6,9H,4-5,7H2,1H3. The molecule has 2 aliphatic rings. The van der Waals surface area contributed by atoms with Gasteiger partial charge in [0.15, 0.2) is 11.6 Å². The van der Waals surface area contributed by atoms with Gasteiger partial charge in [-0.15, -0.1) is 0 Å². The monoisotopic (exact) mass is 430 g/mol. The number of anilines is 1. The summed E-state index contributed by atoms with van der Waals surface area (Å²) >= 11 is 0. The molecule has 8 heteroatoms. The number of fused-ring (bicyclic) bond motifs is 1. The van der Waals surface area contributed by atoms with E-state index in [-0.39, 0.29) is 0 Å².